The molecule has 1 saturated carbocycles. The smallest absolute Gasteiger partial charge is 0.332 e. The average Bonchev–Trinajstić information content (AvgIpc) is 2.37. The van der Waals surface area contributed by atoms with E-state index in [1.807, 2.05) is 20.8 Å². The quantitative estimate of drug-likeness (QED) is 0.392. The van der Waals surface area contributed by atoms with Gasteiger partial charge in [0.05, 0.1) is 13.2 Å². The fourth-order valence-corrected chi connectivity index (χ4v) is 2.68. The van der Waals surface area contributed by atoms with Gasteiger partial charge in [-0.25, -0.2) is 4.79 Å². The minimum absolute atomic E-state index is 0.0403. The van der Waals surface area contributed by atoms with Crippen LogP contribution >= 0.6 is 0 Å². The maximum Gasteiger partial charge on any atom is 0.332 e. The Balaban J connectivity index is 2.15. The molecule has 1 aliphatic rings. The number of ether oxygens (including phenoxy) is 4. The standard InChI is InChI=1S/C16H30O5/c1-16(2,3)21-15(17)11-19-9-13-6-5-7-14(8-13)10-20-12-18-4/h13-14H,5-12H2,1-4H3. The number of carbonyl (C=O) groups excluding carboxylic acids is 1. The van der Waals surface area contributed by atoms with E-state index in [2.05, 4.69) is 0 Å². The Bertz CT molecular complexity index is 298. The molecular formula is C16H30O5. The molecule has 1 fully saturated rings. The normalized spacial score (nSPS) is 23.0. The summed E-state index contributed by atoms with van der Waals surface area (Å²) < 4.78 is 21.1. The predicted molar refractivity (Wildman–Crippen MR) is 79.9 cm³/mol. The summed E-state index contributed by atoms with van der Waals surface area (Å²) in [4.78, 5) is 11.6. The highest BCUT2D eigenvalue weighted by molar-refractivity contribution is 5.71. The van der Waals surface area contributed by atoms with Crippen LogP contribution in [0.4, 0.5) is 0 Å². The summed E-state index contributed by atoms with van der Waals surface area (Å²) in [7, 11) is 1.63. The van der Waals surface area contributed by atoms with Gasteiger partial charge in [-0.1, -0.05) is 6.42 Å². The number of esters is 1. The van der Waals surface area contributed by atoms with Crippen molar-refractivity contribution in [1.82, 2.24) is 0 Å². The van der Waals surface area contributed by atoms with Gasteiger partial charge in [0.1, 0.15) is 19.0 Å². The Morgan fingerprint density at radius 3 is 2.29 bits per heavy atom. The molecule has 0 saturated heterocycles. The van der Waals surface area contributed by atoms with Crippen LogP contribution in [0.5, 0.6) is 0 Å². The van der Waals surface area contributed by atoms with Crippen LogP contribution < -0.4 is 0 Å². The fraction of sp³-hybridized carbons (Fsp3) is 0.938. The van der Waals surface area contributed by atoms with Gasteiger partial charge in [-0.15, -0.1) is 0 Å². The highest BCUT2D eigenvalue weighted by Crippen LogP contribution is 2.29. The average molecular weight is 302 g/mol. The van der Waals surface area contributed by atoms with E-state index >= 15 is 0 Å². The monoisotopic (exact) mass is 302 g/mol. The second kappa shape index (κ2) is 9.38. The zero-order valence-corrected chi connectivity index (χ0v) is 13.9. The summed E-state index contributed by atoms with van der Waals surface area (Å²) >= 11 is 0. The number of methoxy groups -OCH3 is 1. The van der Waals surface area contributed by atoms with Crippen molar-refractivity contribution >= 4 is 5.97 Å². The molecule has 0 bridgehead atoms. The van der Waals surface area contributed by atoms with Gasteiger partial charge in [0.15, 0.2) is 0 Å². The van der Waals surface area contributed by atoms with E-state index in [1.165, 1.54) is 12.8 Å². The van der Waals surface area contributed by atoms with Gasteiger partial charge in [0.2, 0.25) is 0 Å². The summed E-state index contributed by atoms with van der Waals surface area (Å²) in [5, 5.41) is 0. The molecule has 0 amide bonds. The van der Waals surface area contributed by atoms with Crippen molar-refractivity contribution in [2.75, 3.05) is 33.7 Å². The van der Waals surface area contributed by atoms with E-state index in [0.717, 1.165) is 19.4 Å². The highest BCUT2D eigenvalue weighted by atomic mass is 16.7. The zero-order valence-electron chi connectivity index (χ0n) is 13.9. The molecule has 0 N–H and O–H groups in total. The van der Waals surface area contributed by atoms with E-state index in [4.69, 9.17) is 18.9 Å². The van der Waals surface area contributed by atoms with Crippen LogP contribution in [0.2, 0.25) is 0 Å². The lowest BCUT2D eigenvalue weighted by molar-refractivity contribution is -0.160. The van der Waals surface area contributed by atoms with E-state index in [0.29, 0.717) is 25.2 Å². The van der Waals surface area contributed by atoms with Crippen molar-refractivity contribution in [2.45, 2.75) is 52.1 Å². The van der Waals surface area contributed by atoms with Crippen LogP contribution in [-0.4, -0.2) is 45.3 Å². The number of carbonyl (C=O) groups is 1. The Morgan fingerprint density at radius 2 is 1.71 bits per heavy atom. The van der Waals surface area contributed by atoms with Crippen LogP contribution in [0.25, 0.3) is 0 Å². The summed E-state index contributed by atoms with van der Waals surface area (Å²) in [6.07, 6.45) is 4.65. The first-order valence-electron chi connectivity index (χ1n) is 7.77. The van der Waals surface area contributed by atoms with Gasteiger partial charge in [-0.05, 0) is 51.9 Å². The van der Waals surface area contributed by atoms with Crippen molar-refractivity contribution in [3.63, 3.8) is 0 Å². The molecule has 2 atom stereocenters. The molecule has 21 heavy (non-hydrogen) atoms. The largest absolute Gasteiger partial charge is 0.458 e. The number of hydrogen-bond acceptors (Lipinski definition) is 5. The molecule has 0 radical (unpaired) electrons. The predicted octanol–water partition coefficient (Wildman–Crippen LogP) is 2.77. The molecule has 0 aromatic rings. The number of rotatable bonds is 8. The van der Waals surface area contributed by atoms with Crippen LogP contribution in [0.1, 0.15) is 46.5 Å². The molecule has 0 heterocycles. The molecule has 5 nitrogen and oxygen atoms in total. The van der Waals surface area contributed by atoms with Crippen LogP contribution in [0.15, 0.2) is 0 Å². The Kier molecular flexibility index (Phi) is 8.22. The third kappa shape index (κ3) is 9.06. The topological polar surface area (TPSA) is 54.0 Å². The maximum absolute atomic E-state index is 11.6. The second-order valence-corrected chi connectivity index (χ2v) is 6.78. The molecule has 0 aromatic carbocycles. The van der Waals surface area contributed by atoms with Gasteiger partial charge in [-0.2, -0.15) is 0 Å². The maximum atomic E-state index is 11.6. The first-order chi connectivity index (χ1) is 9.90. The van der Waals surface area contributed by atoms with E-state index in [9.17, 15) is 4.79 Å². The SMILES string of the molecule is COCOCC1CCCC(COCC(=O)OC(C)(C)C)C1. The molecular weight excluding hydrogens is 272 g/mol. The molecule has 0 aliphatic heterocycles. The van der Waals surface area contributed by atoms with Crippen molar-refractivity contribution in [2.24, 2.45) is 11.8 Å². The first kappa shape index (κ1) is 18.4. The fourth-order valence-electron chi connectivity index (χ4n) is 2.68. The van der Waals surface area contributed by atoms with Gasteiger partial charge < -0.3 is 18.9 Å². The third-order valence-electron chi connectivity index (χ3n) is 3.44. The summed E-state index contributed by atoms with van der Waals surface area (Å²) in [6, 6.07) is 0. The van der Waals surface area contributed by atoms with Gasteiger partial charge in [0.25, 0.3) is 0 Å². The van der Waals surface area contributed by atoms with Gasteiger partial charge in [0, 0.05) is 7.11 Å². The van der Waals surface area contributed by atoms with Crippen LogP contribution in [-0.2, 0) is 23.7 Å². The van der Waals surface area contributed by atoms with Crippen molar-refractivity contribution < 1.29 is 23.7 Å². The highest BCUT2D eigenvalue weighted by Gasteiger charge is 2.23. The molecule has 1 aliphatic carbocycles. The Hall–Kier alpha value is -0.650. The summed E-state index contributed by atoms with van der Waals surface area (Å²) in [5.41, 5.74) is -0.449. The van der Waals surface area contributed by atoms with E-state index in [-0.39, 0.29) is 12.6 Å². The van der Waals surface area contributed by atoms with Crippen LogP contribution in [0.3, 0.4) is 0 Å². The van der Waals surface area contributed by atoms with Gasteiger partial charge >= 0.3 is 5.97 Å². The lowest BCUT2D eigenvalue weighted by Crippen LogP contribution is -2.28. The Labute approximate surface area is 128 Å². The molecule has 2 unspecified atom stereocenters. The lowest BCUT2D eigenvalue weighted by atomic mass is 9.82. The molecule has 1 rings (SSSR count). The third-order valence-corrected chi connectivity index (χ3v) is 3.44. The minimum Gasteiger partial charge on any atom is -0.458 e. The number of hydrogen-bond donors (Lipinski definition) is 0. The molecule has 5 heteroatoms. The van der Waals surface area contributed by atoms with Crippen molar-refractivity contribution in [3.8, 4) is 0 Å². The molecule has 0 spiro atoms. The zero-order chi connectivity index (χ0) is 15.7. The second-order valence-electron chi connectivity index (χ2n) is 6.78. The Morgan fingerprint density at radius 1 is 1.10 bits per heavy atom. The van der Waals surface area contributed by atoms with Crippen molar-refractivity contribution in [1.29, 1.82) is 0 Å². The van der Waals surface area contributed by atoms with Gasteiger partial charge in [-0.3, -0.25) is 0 Å². The molecule has 0 aromatic heterocycles. The first-order valence-corrected chi connectivity index (χ1v) is 7.77. The summed E-state index contributed by atoms with van der Waals surface area (Å²) in [6.45, 7) is 7.34. The van der Waals surface area contributed by atoms with Crippen molar-refractivity contribution in [3.05, 3.63) is 0 Å². The lowest BCUT2D eigenvalue weighted by Gasteiger charge is -2.28. The minimum atomic E-state index is -0.449. The van der Waals surface area contributed by atoms with E-state index in [1.54, 1.807) is 7.11 Å². The summed E-state index contributed by atoms with van der Waals surface area (Å²) in [5.74, 6) is 0.791. The van der Waals surface area contributed by atoms with Crippen LogP contribution in [0, 0.1) is 11.8 Å². The van der Waals surface area contributed by atoms with E-state index < -0.39 is 5.60 Å². The molecule has 124 valence electrons.